The van der Waals surface area contributed by atoms with E-state index in [-0.39, 0.29) is 23.8 Å². The molecule has 0 radical (unpaired) electrons. The molecule has 1 aromatic rings. The lowest BCUT2D eigenvalue weighted by atomic mass is 9.94. The topological polar surface area (TPSA) is 40.6 Å². The van der Waals surface area contributed by atoms with Crippen molar-refractivity contribution in [3.63, 3.8) is 0 Å². The van der Waals surface area contributed by atoms with E-state index >= 15 is 0 Å². The van der Waals surface area contributed by atoms with Crippen molar-refractivity contribution in [1.29, 1.82) is 0 Å². The van der Waals surface area contributed by atoms with Gasteiger partial charge in [-0.2, -0.15) is 0 Å². The molecule has 0 aliphatic carbocycles. The van der Waals surface area contributed by atoms with Crippen molar-refractivity contribution >= 4 is 11.8 Å². The van der Waals surface area contributed by atoms with Crippen LogP contribution in [0.15, 0.2) is 18.2 Å². The predicted octanol–water partition coefficient (Wildman–Crippen LogP) is 2.35. The molecule has 1 fully saturated rings. The number of amides is 2. The second kappa shape index (κ2) is 6.42. The fourth-order valence-electron chi connectivity index (χ4n) is 2.68. The maximum atomic E-state index is 13.8. The Morgan fingerprint density at radius 3 is 2.73 bits per heavy atom. The molecule has 0 saturated carbocycles. The molecule has 1 aromatic carbocycles. The molecule has 4 nitrogen and oxygen atoms in total. The molecular formula is C16H20F2N2O2. The Morgan fingerprint density at radius 2 is 2.09 bits per heavy atom. The lowest BCUT2D eigenvalue weighted by molar-refractivity contribution is -0.144. The summed E-state index contributed by atoms with van der Waals surface area (Å²) in [5, 5.41) is 0. The lowest BCUT2D eigenvalue weighted by Gasteiger charge is -2.33. The number of carbonyl (C=O) groups is 2. The van der Waals surface area contributed by atoms with Crippen molar-refractivity contribution in [2.24, 2.45) is 5.92 Å². The van der Waals surface area contributed by atoms with Gasteiger partial charge in [-0.05, 0) is 31.5 Å². The lowest BCUT2D eigenvalue weighted by Crippen LogP contribution is -2.43. The van der Waals surface area contributed by atoms with Crippen LogP contribution in [0.25, 0.3) is 0 Å². The SMILES string of the molecule is C[C@H](c1cc(F)ccc1F)N(C)C(=O)[C@H]1CCN(C)C(=O)C1. The van der Waals surface area contributed by atoms with E-state index in [1.807, 2.05) is 0 Å². The number of piperidine rings is 1. The molecule has 0 spiro atoms. The fourth-order valence-corrected chi connectivity index (χ4v) is 2.68. The first-order chi connectivity index (χ1) is 10.3. The Bertz CT molecular complexity index is 592. The third-order valence-electron chi connectivity index (χ3n) is 4.35. The number of likely N-dealkylation sites (tertiary alicyclic amines) is 1. The van der Waals surface area contributed by atoms with Crippen molar-refractivity contribution in [3.05, 3.63) is 35.4 Å². The highest BCUT2D eigenvalue weighted by atomic mass is 19.1. The second-order valence-electron chi connectivity index (χ2n) is 5.80. The van der Waals surface area contributed by atoms with Crippen LogP contribution >= 0.6 is 0 Å². The number of benzene rings is 1. The first-order valence-electron chi connectivity index (χ1n) is 7.27. The summed E-state index contributed by atoms with van der Waals surface area (Å²) < 4.78 is 27.1. The van der Waals surface area contributed by atoms with Crippen LogP contribution in [0.3, 0.4) is 0 Å². The Kier molecular flexibility index (Phi) is 4.78. The van der Waals surface area contributed by atoms with Gasteiger partial charge < -0.3 is 9.80 Å². The molecule has 0 N–H and O–H groups in total. The first kappa shape index (κ1) is 16.4. The molecule has 1 aliphatic rings. The van der Waals surface area contributed by atoms with Gasteiger partial charge in [0.25, 0.3) is 0 Å². The van der Waals surface area contributed by atoms with E-state index in [4.69, 9.17) is 0 Å². The van der Waals surface area contributed by atoms with Crippen LogP contribution in [0.4, 0.5) is 8.78 Å². The molecule has 6 heteroatoms. The number of rotatable bonds is 3. The standard InChI is InChI=1S/C16H20F2N2O2/c1-10(13-9-12(17)4-5-14(13)18)20(3)16(22)11-6-7-19(2)15(21)8-11/h4-5,9-11H,6-8H2,1-3H3/t10-,11+/m1/s1. The summed E-state index contributed by atoms with van der Waals surface area (Å²) in [4.78, 5) is 27.2. The second-order valence-corrected chi connectivity index (χ2v) is 5.80. The third-order valence-corrected chi connectivity index (χ3v) is 4.35. The van der Waals surface area contributed by atoms with Gasteiger partial charge in [-0.3, -0.25) is 9.59 Å². The van der Waals surface area contributed by atoms with E-state index < -0.39 is 23.6 Å². The van der Waals surface area contributed by atoms with Crippen molar-refractivity contribution in [3.8, 4) is 0 Å². The Hall–Kier alpha value is -1.98. The van der Waals surface area contributed by atoms with Gasteiger partial charge in [-0.15, -0.1) is 0 Å². The zero-order chi connectivity index (χ0) is 16.4. The summed E-state index contributed by atoms with van der Waals surface area (Å²) in [7, 11) is 3.26. The molecule has 2 rings (SSSR count). The molecule has 1 aliphatic heterocycles. The highest BCUT2D eigenvalue weighted by Crippen LogP contribution is 2.27. The van der Waals surface area contributed by atoms with Crippen molar-refractivity contribution in [2.45, 2.75) is 25.8 Å². The normalized spacial score (nSPS) is 20.0. The molecule has 0 aromatic heterocycles. The number of nitrogens with zero attached hydrogens (tertiary/aromatic N) is 2. The summed E-state index contributed by atoms with van der Waals surface area (Å²) in [5.74, 6) is -1.76. The number of hydrogen-bond acceptors (Lipinski definition) is 2. The molecule has 2 amide bonds. The summed E-state index contributed by atoms with van der Waals surface area (Å²) in [5.41, 5.74) is 0.134. The van der Waals surface area contributed by atoms with Gasteiger partial charge in [0, 0.05) is 38.5 Å². The molecule has 120 valence electrons. The van der Waals surface area contributed by atoms with Gasteiger partial charge >= 0.3 is 0 Å². The van der Waals surface area contributed by atoms with Gasteiger partial charge in [0.2, 0.25) is 11.8 Å². The quantitative estimate of drug-likeness (QED) is 0.860. The minimum Gasteiger partial charge on any atom is -0.346 e. The molecule has 22 heavy (non-hydrogen) atoms. The fraction of sp³-hybridized carbons (Fsp3) is 0.500. The monoisotopic (exact) mass is 310 g/mol. The van der Waals surface area contributed by atoms with E-state index in [0.29, 0.717) is 13.0 Å². The van der Waals surface area contributed by atoms with Gasteiger partial charge in [0.1, 0.15) is 11.6 Å². The minimum absolute atomic E-state index is 0.0670. The summed E-state index contributed by atoms with van der Waals surface area (Å²) >= 11 is 0. The average Bonchev–Trinajstić information content (AvgIpc) is 2.50. The highest BCUT2D eigenvalue weighted by Gasteiger charge is 2.32. The smallest absolute Gasteiger partial charge is 0.226 e. The van der Waals surface area contributed by atoms with Crippen LogP contribution in [0.5, 0.6) is 0 Å². The van der Waals surface area contributed by atoms with Crippen molar-refractivity contribution < 1.29 is 18.4 Å². The average molecular weight is 310 g/mol. The van der Waals surface area contributed by atoms with E-state index in [1.165, 1.54) is 4.90 Å². The van der Waals surface area contributed by atoms with E-state index in [1.54, 1.807) is 25.9 Å². The summed E-state index contributed by atoms with van der Waals surface area (Å²) in [6.45, 7) is 2.18. The van der Waals surface area contributed by atoms with Crippen molar-refractivity contribution in [1.82, 2.24) is 9.80 Å². The number of halogens is 2. The van der Waals surface area contributed by atoms with Crippen LogP contribution in [-0.4, -0.2) is 42.3 Å². The van der Waals surface area contributed by atoms with Crippen LogP contribution in [0.2, 0.25) is 0 Å². The molecular weight excluding hydrogens is 290 g/mol. The maximum absolute atomic E-state index is 13.8. The molecule has 1 saturated heterocycles. The molecule has 0 bridgehead atoms. The predicted molar refractivity (Wildman–Crippen MR) is 77.9 cm³/mol. The minimum atomic E-state index is -0.599. The zero-order valence-electron chi connectivity index (χ0n) is 13.0. The van der Waals surface area contributed by atoms with Crippen LogP contribution in [0, 0.1) is 17.6 Å². The van der Waals surface area contributed by atoms with E-state index in [0.717, 1.165) is 18.2 Å². The van der Waals surface area contributed by atoms with Gasteiger partial charge in [0.05, 0.1) is 6.04 Å². The van der Waals surface area contributed by atoms with Crippen LogP contribution in [0.1, 0.15) is 31.4 Å². The molecule has 1 heterocycles. The molecule has 0 unspecified atom stereocenters. The Balaban J connectivity index is 2.13. The maximum Gasteiger partial charge on any atom is 0.226 e. The largest absolute Gasteiger partial charge is 0.346 e. The van der Waals surface area contributed by atoms with Gasteiger partial charge in [-0.25, -0.2) is 8.78 Å². The zero-order valence-corrected chi connectivity index (χ0v) is 13.0. The van der Waals surface area contributed by atoms with E-state index in [9.17, 15) is 18.4 Å². The first-order valence-corrected chi connectivity index (χ1v) is 7.27. The molecule has 2 atom stereocenters. The van der Waals surface area contributed by atoms with Crippen molar-refractivity contribution in [2.75, 3.05) is 20.6 Å². The Labute approximate surface area is 128 Å². The summed E-state index contributed by atoms with van der Waals surface area (Å²) in [6, 6.07) is 2.60. The highest BCUT2D eigenvalue weighted by molar-refractivity contribution is 5.87. The van der Waals surface area contributed by atoms with Crippen LogP contribution in [-0.2, 0) is 9.59 Å². The van der Waals surface area contributed by atoms with Gasteiger partial charge in [-0.1, -0.05) is 0 Å². The summed E-state index contributed by atoms with van der Waals surface area (Å²) in [6.07, 6.45) is 0.752. The van der Waals surface area contributed by atoms with E-state index in [2.05, 4.69) is 0 Å². The van der Waals surface area contributed by atoms with Crippen LogP contribution < -0.4 is 0 Å². The van der Waals surface area contributed by atoms with Gasteiger partial charge in [0.15, 0.2) is 0 Å². The number of hydrogen-bond donors (Lipinski definition) is 0. The number of carbonyl (C=O) groups excluding carboxylic acids is 2. The third kappa shape index (κ3) is 3.26. The Morgan fingerprint density at radius 1 is 1.41 bits per heavy atom.